The normalized spacial score (nSPS) is 16.4. The molecule has 4 N–H and O–H groups in total. The molecule has 1 atom stereocenters. The second-order valence-corrected chi connectivity index (χ2v) is 18.6. The molecule has 0 saturated carbocycles. The lowest BCUT2D eigenvalue weighted by molar-refractivity contribution is -0.136. The number of unbranched alkanes of at least 4 members (excludes halogenated alkanes) is 2. The number of piperazine rings is 1. The van der Waals surface area contributed by atoms with Crippen LogP contribution in [0.1, 0.15) is 105 Å². The quantitative estimate of drug-likeness (QED) is 0.0703. The van der Waals surface area contributed by atoms with Crippen LogP contribution in [0.25, 0.3) is 11.3 Å². The first-order valence-corrected chi connectivity index (χ1v) is 23.1. The first kappa shape index (κ1) is 47.0. The summed E-state index contributed by atoms with van der Waals surface area (Å²) in [5.74, 6) is -2.27. The monoisotopic (exact) mass is 919 g/mol. The third-order valence-corrected chi connectivity index (χ3v) is 12.9. The van der Waals surface area contributed by atoms with Crippen LogP contribution in [0.3, 0.4) is 0 Å². The highest BCUT2D eigenvalue weighted by atomic mass is 16.2. The predicted molar refractivity (Wildman–Crippen MR) is 260 cm³/mol. The number of aromatic nitrogens is 2. The summed E-state index contributed by atoms with van der Waals surface area (Å²) >= 11 is 0. The van der Waals surface area contributed by atoms with Crippen molar-refractivity contribution in [3.63, 3.8) is 0 Å². The zero-order chi connectivity index (χ0) is 48.3. The smallest absolute Gasteiger partial charge is 0.293 e. The van der Waals surface area contributed by atoms with Gasteiger partial charge in [0.1, 0.15) is 6.04 Å². The SMILES string of the molecule is Cc1c(NC(=O)c2ccc(C(C)(C)C)cc2)cccc1-c1cn(C)c(=O)c(Nc2ccc(C(=O)N3CCN(CCCCCNc4cccc5c4C(=O)N(C4CCC(=O)NC4=O)C5=O)CC3)cc2)n1. The van der Waals surface area contributed by atoms with Gasteiger partial charge >= 0.3 is 0 Å². The van der Waals surface area contributed by atoms with Crippen LogP contribution in [-0.4, -0.2) is 105 Å². The van der Waals surface area contributed by atoms with Gasteiger partial charge in [0.15, 0.2) is 5.82 Å². The van der Waals surface area contributed by atoms with Gasteiger partial charge in [-0.1, -0.05) is 57.5 Å². The van der Waals surface area contributed by atoms with E-state index >= 15 is 0 Å². The van der Waals surface area contributed by atoms with Gasteiger partial charge in [0.2, 0.25) is 11.8 Å². The summed E-state index contributed by atoms with van der Waals surface area (Å²) in [7, 11) is 1.66. The molecule has 352 valence electrons. The van der Waals surface area contributed by atoms with Crippen molar-refractivity contribution in [1.82, 2.24) is 29.6 Å². The molecular formula is C52H57N9O7. The van der Waals surface area contributed by atoms with E-state index in [-0.39, 0.29) is 52.6 Å². The average molecular weight is 920 g/mol. The standard InChI is InChI=1S/C52H57N9O7/c1-32-37(11-9-13-39(32)56-46(63)33-15-19-35(20-16-33)52(2,3)4)41-31-58(5)51(68)45(55-41)54-36-21-17-34(18-22-36)48(65)60-29-27-59(28-30-60)26-8-6-7-25-53-40-14-10-12-38-44(40)50(67)61(49(38)66)42-23-24-43(62)57-47(42)64/h9-22,31,42,53H,6-8,23-30H2,1-5H3,(H,54,55)(H,56,63)(H,57,62,64). The number of nitrogens with zero attached hydrogens (tertiary/aromatic N) is 5. The maximum atomic E-state index is 13.5. The fourth-order valence-corrected chi connectivity index (χ4v) is 8.89. The first-order chi connectivity index (χ1) is 32.6. The van der Waals surface area contributed by atoms with Gasteiger partial charge < -0.3 is 25.4 Å². The highest BCUT2D eigenvalue weighted by Gasteiger charge is 2.45. The minimum atomic E-state index is -1.01. The summed E-state index contributed by atoms with van der Waals surface area (Å²) in [4.78, 5) is 101. The number of amides is 6. The molecule has 2 saturated heterocycles. The molecule has 4 heterocycles. The second kappa shape index (κ2) is 19.8. The van der Waals surface area contributed by atoms with Crippen LogP contribution in [0.2, 0.25) is 0 Å². The molecule has 6 amide bonds. The van der Waals surface area contributed by atoms with Crippen LogP contribution in [0.15, 0.2) is 95.9 Å². The Morgan fingerprint density at radius 3 is 2.15 bits per heavy atom. The minimum Gasteiger partial charge on any atom is -0.384 e. The van der Waals surface area contributed by atoms with E-state index in [0.717, 1.165) is 60.5 Å². The number of hydrogen-bond acceptors (Lipinski definition) is 11. The summed E-state index contributed by atoms with van der Waals surface area (Å²) in [5, 5.41) is 11.7. The number of benzene rings is 4. The van der Waals surface area contributed by atoms with Crippen molar-refractivity contribution in [3.8, 4) is 11.3 Å². The van der Waals surface area contributed by atoms with E-state index in [9.17, 15) is 33.6 Å². The van der Waals surface area contributed by atoms with E-state index in [2.05, 4.69) is 46.9 Å². The lowest BCUT2D eigenvalue weighted by Gasteiger charge is -2.34. The summed E-state index contributed by atoms with van der Waals surface area (Å²) in [5.41, 5.74) is 6.29. The van der Waals surface area contributed by atoms with Crippen molar-refractivity contribution >= 4 is 58.3 Å². The number of carbonyl (C=O) groups is 6. The van der Waals surface area contributed by atoms with Crippen LogP contribution in [0.4, 0.5) is 22.9 Å². The molecular weight excluding hydrogens is 863 g/mol. The van der Waals surface area contributed by atoms with Gasteiger partial charge in [0, 0.05) is 86.1 Å². The second-order valence-electron chi connectivity index (χ2n) is 18.6. The van der Waals surface area contributed by atoms with Crippen molar-refractivity contribution in [3.05, 3.63) is 135 Å². The minimum absolute atomic E-state index is 0.0243. The summed E-state index contributed by atoms with van der Waals surface area (Å²) in [6, 6.07) is 24.3. The summed E-state index contributed by atoms with van der Waals surface area (Å²) in [6.07, 6.45) is 4.57. The zero-order valence-electron chi connectivity index (χ0n) is 39.1. The third kappa shape index (κ3) is 10.1. The molecule has 16 nitrogen and oxygen atoms in total. The molecule has 68 heavy (non-hydrogen) atoms. The molecule has 1 unspecified atom stereocenters. The van der Waals surface area contributed by atoms with Gasteiger partial charge in [-0.15, -0.1) is 0 Å². The number of hydrogen-bond donors (Lipinski definition) is 4. The van der Waals surface area contributed by atoms with Gasteiger partial charge in [-0.2, -0.15) is 0 Å². The van der Waals surface area contributed by atoms with E-state index in [1.165, 1.54) is 4.57 Å². The van der Waals surface area contributed by atoms with Gasteiger partial charge in [-0.3, -0.25) is 48.7 Å². The van der Waals surface area contributed by atoms with E-state index in [4.69, 9.17) is 4.98 Å². The van der Waals surface area contributed by atoms with Gasteiger partial charge in [0.05, 0.1) is 16.8 Å². The summed E-state index contributed by atoms with van der Waals surface area (Å²) in [6.45, 7) is 12.5. The van der Waals surface area contributed by atoms with E-state index in [0.29, 0.717) is 53.5 Å². The Bertz CT molecular complexity index is 2840. The van der Waals surface area contributed by atoms with E-state index in [1.54, 1.807) is 55.7 Å². The number of nitrogens with one attached hydrogen (secondary N) is 4. The maximum absolute atomic E-state index is 13.5. The molecule has 0 spiro atoms. The molecule has 3 aliphatic heterocycles. The van der Waals surface area contributed by atoms with Crippen LogP contribution in [0.5, 0.6) is 0 Å². The van der Waals surface area contributed by atoms with Crippen molar-refractivity contribution < 1.29 is 28.8 Å². The topological polar surface area (TPSA) is 195 Å². The molecule has 8 rings (SSSR count). The Balaban J connectivity index is 0.792. The molecule has 0 bridgehead atoms. The number of imide groups is 2. The van der Waals surface area contributed by atoms with E-state index in [1.807, 2.05) is 54.3 Å². The van der Waals surface area contributed by atoms with Crippen molar-refractivity contribution in [2.24, 2.45) is 7.05 Å². The third-order valence-electron chi connectivity index (χ3n) is 12.9. The van der Waals surface area contributed by atoms with Gasteiger partial charge in [-0.25, -0.2) is 4.98 Å². The lowest BCUT2D eigenvalue weighted by Crippen LogP contribution is -2.54. The number of aryl methyl sites for hydroxylation is 1. The number of carbonyl (C=O) groups excluding carboxylic acids is 6. The van der Waals surface area contributed by atoms with Gasteiger partial charge in [-0.05, 0) is 104 Å². The summed E-state index contributed by atoms with van der Waals surface area (Å²) < 4.78 is 1.47. The number of anilines is 4. The molecule has 2 fully saturated rings. The lowest BCUT2D eigenvalue weighted by atomic mass is 9.86. The molecule has 1 aromatic heterocycles. The molecule has 3 aliphatic rings. The van der Waals surface area contributed by atoms with Crippen LogP contribution in [0, 0.1) is 6.92 Å². The average Bonchev–Trinajstić information content (AvgIpc) is 3.58. The van der Waals surface area contributed by atoms with Crippen LogP contribution in [-0.2, 0) is 22.1 Å². The van der Waals surface area contributed by atoms with Crippen LogP contribution >= 0.6 is 0 Å². The Hall–Kier alpha value is -7.46. The van der Waals surface area contributed by atoms with Crippen molar-refractivity contribution in [1.29, 1.82) is 0 Å². The largest absolute Gasteiger partial charge is 0.384 e. The fraction of sp³-hybridized carbons (Fsp3) is 0.346. The Labute approximate surface area is 395 Å². The Morgan fingerprint density at radius 2 is 1.46 bits per heavy atom. The Morgan fingerprint density at radius 1 is 0.779 bits per heavy atom. The first-order valence-electron chi connectivity index (χ1n) is 23.1. The number of piperidine rings is 1. The zero-order valence-corrected chi connectivity index (χ0v) is 39.1. The molecule has 4 aromatic carbocycles. The molecule has 5 aromatic rings. The number of fused-ring (bicyclic) bond motifs is 1. The highest BCUT2D eigenvalue weighted by Crippen LogP contribution is 2.33. The number of rotatable bonds is 14. The molecule has 0 aliphatic carbocycles. The van der Waals surface area contributed by atoms with E-state index < -0.39 is 29.7 Å². The molecule has 0 radical (unpaired) electrons. The highest BCUT2D eigenvalue weighted by molar-refractivity contribution is 6.25. The fourth-order valence-electron chi connectivity index (χ4n) is 8.89. The molecule has 16 heteroatoms. The van der Waals surface area contributed by atoms with Crippen molar-refractivity contribution in [2.45, 2.75) is 71.3 Å². The maximum Gasteiger partial charge on any atom is 0.293 e. The van der Waals surface area contributed by atoms with Gasteiger partial charge in [0.25, 0.3) is 29.2 Å². The van der Waals surface area contributed by atoms with Crippen molar-refractivity contribution in [2.75, 3.05) is 55.2 Å². The van der Waals surface area contributed by atoms with Crippen LogP contribution < -0.4 is 26.8 Å². The Kier molecular flexibility index (Phi) is 13.7. The predicted octanol–water partition coefficient (Wildman–Crippen LogP) is 6.49.